The highest BCUT2D eigenvalue weighted by Crippen LogP contribution is 2.47. The molecule has 0 radical (unpaired) electrons. The highest BCUT2D eigenvalue weighted by molar-refractivity contribution is 6.10. The molecule has 1 N–H and O–H groups in total. The van der Waals surface area contributed by atoms with Gasteiger partial charge in [0.05, 0.1) is 31.3 Å². The molecular weight excluding hydrogens is 560 g/mol. The quantitative estimate of drug-likeness (QED) is 0.146. The van der Waals surface area contributed by atoms with Crippen LogP contribution in [0.15, 0.2) is 90.0 Å². The molecule has 0 heterocycles. The first-order valence-electron chi connectivity index (χ1n) is 14.7. The minimum Gasteiger partial charge on any atom is -0.489 e. The third-order valence-electron chi connectivity index (χ3n) is 7.45. The average molecular weight is 597 g/mol. The third-order valence-corrected chi connectivity index (χ3v) is 7.45. The van der Waals surface area contributed by atoms with Crippen LogP contribution in [0.2, 0.25) is 0 Å². The number of benzene rings is 4. The molecule has 0 spiro atoms. The molecule has 1 atom stereocenters. The number of ether oxygens (including phenoxy) is 5. The van der Waals surface area contributed by atoms with E-state index in [-0.39, 0.29) is 33.2 Å². The summed E-state index contributed by atoms with van der Waals surface area (Å²) in [6.07, 6.45) is 3.67. The van der Waals surface area contributed by atoms with E-state index < -0.39 is 17.9 Å². The first-order chi connectivity index (χ1) is 21.5. The minimum absolute atomic E-state index is 0.00952. The summed E-state index contributed by atoms with van der Waals surface area (Å²) in [6.45, 7) is 3.81. The summed E-state index contributed by atoms with van der Waals surface area (Å²) in [4.78, 5) is 25.4. The van der Waals surface area contributed by atoms with Crippen LogP contribution in [-0.4, -0.2) is 50.8 Å². The number of carbonyl (C=O) groups is 2. The Kier molecular flexibility index (Phi) is 9.94. The van der Waals surface area contributed by atoms with Crippen molar-refractivity contribution in [2.45, 2.75) is 26.9 Å². The molecule has 0 saturated carbocycles. The molecule has 228 valence electrons. The fourth-order valence-corrected chi connectivity index (χ4v) is 5.56. The fourth-order valence-electron chi connectivity index (χ4n) is 5.56. The smallest absolute Gasteiger partial charge is 0.337 e. The maximum atomic E-state index is 12.7. The molecule has 1 unspecified atom stereocenters. The van der Waals surface area contributed by atoms with Crippen molar-refractivity contribution in [2.75, 3.05) is 33.7 Å². The van der Waals surface area contributed by atoms with Crippen LogP contribution in [0.4, 0.5) is 0 Å². The van der Waals surface area contributed by atoms with E-state index in [1.54, 1.807) is 33.1 Å². The summed E-state index contributed by atoms with van der Waals surface area (Å²) in [5.74, 6) is -0.461. The third kappa shape index (κ3) is 6.46. The number of hydrogen-bond donors (Lipinski definition) is 1. The first kappa shape index (κ1) is 30.8. The molecule has 8 heteroatoms. The van der Waals surface area contributed by atoms with E-state index >= 15 is 0 Å². The zero-order valence-electron chi connectivity index (χ0n) is 25.1. The Balaban J connectivity index is 1.63. The van der Waals surface area contributed by atoms with Crippen molar-refractivity contribution in [1.29, 1.82) is 0 Å². The second kappa shape index (κ2) is 14.2. The van der Waals surface area contributed by atoms with Crippen molar-refractivity contribution in [2.24, 2.45) is 5.92 Å². The van der Waals surface area contributed by atoms with Gasteiger partial charge in [0, 0.05) is 23.8 Å². The van der Waals surface area contributed by atoms with Crippen LogP contribution >= 0.6 is 0 Å². The average Bonchev–Trinajstić information content (AvgIpc) is 3.05. The molecule has 0 saturated heterocycles. The summed E-state index contributed by atoms with van der Waals surface area (Å²) >= 11 is 0. The van der Waals surface area contributed by atoms with Gasteiger partial charge in [-0.15, -0.1) is 0 Å². The predicted octanol–water partition coefficient (Wildman–Crippen LogP) is 6.51. The van der Waals surface area contributed by atoms with E-state index in [4.69, 9.17) is 23.7 Å². The molecule has 0 bridgehead atoms. The van der Waals surface area contributed by atoms with E-state index in [2.05, 4.69) is 0 Å². The number of methoxy groups -OCH3 is 1. The van der Waals surface area contributed by atoms with E-state index in [0.717, 1.165) is 38.2 Å². The van der Waals surface area contributed by atoms with Gasteiger partial charge in [-0.25, -0.2) is 4.79 Å². The number of aliphatic hydroxyl groups excluding tert-OH is 1. The Labute approximate surface area is 256 Å². The molecule has 1 aliphatic rings. The van der Waals surface area contributed by atoms with Crippen LogP contribution in [0.1, 0.15) is 25.8 Å². The number of rotatable bonds is 12. The Bertz CT molecular complexity index is 1740. The van der Waals surface area contributed by atoms with Crippen molar-refractivity contribution in [3.8, 4) is 22.6 Å². The van der Waals surface area contributed by atoms with Crippen LogP contribution in [0, 0.1) is 5.92 Å². The van der Waals surface area contributed by atoms with Crippen LogP contribution in [0.25, 0.3) is 32.7 Å². The highest BCUT2D eigenvalue weighted by Gasteiger charge is 2.27. The molecule has 44 heavy (non-hydrogen) atoms. The van der Waals surface area contributed by atoms with Gasteiger partial charge in [-0.3, -0.25) is 4.79 Å². The van der Waals surface area contributed by atoms with E-state index in [1.807, 2.05) is 66.7 Å². The van der Waals surface area contributed by atoms with Crippen molar-refractivity contribution in [3.05, 3.63) is 95.6 Å². The van der Waals surface area contributed by atoms with Crippen molar-refractivity contribution >= 4 is 33.5 Å². The Hall–Kier alpha value is -4.66. The molecule has 0 aliphatic heterocycles. The van der Waals surface area contributed by atoms with Crippen LogP contribution < -0.4 is 9.47 Å². The lowest BCUT2D eigenvalue weighted by Crippen LogP contribution is -2.23. The van der Waals surface area contributed by atoms with E-state index in [9.17, 15) is 14.7 Å². The second-order valence-electron chi connectivity index (χ2n) is 10.3. The Morgan fingerprint density at radius 3 is 2.27 bits per heavy atom. The standard InChI is InChI=1S/C36H36O8/c1-4-41-35(38)26-16-23(17-27(19-26)36(39)42-5-2)21-43-31-15-14-24-10-6-8-12-29(24)32(31)33-30-13-9-7-11-25(30)18-28(20-37)34(33)44-22-40-3/h6-16,18-19,27,37H,4-5,17,20-22H2,1-3H3. The largest absolute Gasteiger partial charge is 0.489 e. The zero-order chi connectivity index (χ0) is 31.1. The number of fused-ring (bicyclic) bond motifs is 2. The number of aliphatic hydroxyl groups is 1. The Morgan fingerprint density at radius 1 is 0.864 bits per heavy atom. The monoisotopic (exact) mass is 596 g/mol. The number of carbonyl (C=O) groups excluding carboxylic acids is 2. The van der Waals surface area contributed by atoms with Gasteiger partial charge in [-0.2, -0.15) is 0 Å². The van der Waals surface area contributed by atoms with Gasteiger partial charge in [0.2, 0.25) is 0 Å². The maximum Gasteiger partial charge on any atom is 0.337 e. The van der Waals surface area contributed by atoms with Crippen LogP contribution in [0.5, 0.6) is 11.5 Å². The fraction of sp³-hybridized carbons (Fsp3) is 0.278. The molecule has 0 amide bonds. The van der Waals surface area contributed by atoms with Crippen LogP contribution in [-0.2, 0) is 30.4 Å². The van der Waals surface area contributed by atoms with E-state index in [0.29, 0.717) is 29.1 Å². The highest BCUT2D eigenvalue weighted by atomic mass is 16.7. The molecule has 1 aliphatic carbocycles. The zero-order valence-corrected chi connectivity index (χ0v) is 25.1. The number of hydrogen-bond acceptors (Lipinski definition) is 8. The van der Waals surface area contributed by atoms with Gasteiger partial charge < -0.3 is 28.8 Å². The minimum atomic E-state index is -0.631. The van der Waals surface area contributed by atoms with Gasteiger partial charge in [-0.05, 0) is 65.6 Å². The maximum absolute atomic E-state index is 12.7. The summed E-state index contributed by atoms with van der Waals surface area (Å²) < 4.78 is 28.4. The van der Waals surface area contributed by atoms with E-state index in [1.165, 1.54) is 0 Å². The molecule has 0 aromatic heterocycles. The van der Waals surface area contributed by atoms with Gasteiger partial charge in [-0.1, -0.05) is 60.7 Å². The van der Waals surface area contributed by atoms with Gasteiger partial charge >= 0.3 is 11.9 Å². The second-order valence-corrected chi connectivity index (χ2v) is 10.3. The van der Waals surface area contributed by atoms with Crippen molar-refractivity contribution < 1.29 is 38.4 Å². The molecule has 4 aromatic carbocycles. The topological polar surface area (TPSA) is 101 Å². The molecule has 5 rings (SSSR count). The Morgan fingerprint density at radius 2 is 1.57 bits per heavy atom. The van der Waals surface area contributed by atoms with Gasteiger partial charge in [0.1, 0.15) is 18.1 Å². The van der Waals surface area contributed by atoms with Crippen molar-refractivity contribution in [1.82, 2.24) is 0 Å². The first-order valence-corrected chi connectivity index (χ1v) is 14.7. The summed E-state index contributed by atoms with van der Waals surface area (Å²) in [5.41, 5.74) is 3.22. The molecule has 4 aromatic rings. The SMILES string of the molecule is CCOC(=O)C1=CC(C(=O)OCC)CC(COc2ccc3ccccc3c2-c2c(OCOC)c(CO)cc3ccccc23)=C1. The summed E-state index contributed by atoms with van der Waals surface area (Å²) in [5, 5.41) is 14.2. The number of esters is 2. The molecule has 0 fully saturated rings. The lowest BCUT2D eigenvalue weighted by molar-refractivity contribution is -0.146. The summed E-state index contributed by atoms with van der Waals surface area (Å²) in [6, 6.07) is 21.7. The normalized spacial score (nSPS) is 14.6. The lowest BCUT2D eigenvalue weighted by atomic mass is 9.89. The predicted molar refractivity (Wildman–Crippen MR) is 168 cm³/mol. The van der Waals surface area contributed by atoms with Gasteiger partial charge in [0.15, 0.2) is 6.79 Å². The van der Waals surface area contributed by atoms with Crippen LogP contribution in [0.3, 0.4) is 0 Å². The molecular formula is C36H36O8. The molecule has 8 nitrogen and oxygen atoms in total. The summed E-state index contributed by atoms with van der Waals surface area (Å²) in [7, 11) is 1.55. The lowest BCUT2D eigenvalue weighted by Gasteiger charge is -2.23. The van der Waals surface area contributed by atoms with Crippen molar-refractivity contribution in [3.63, 3.8) is 0 Å². The van der Waals surface area contributed by atoms with Gasteiger partial charge in [0.25, 0.3) is 0 Å².